The topological polar surface area (TPSA) is 73.8 Å². The molecular formula is C30H33ClFN5O2. The number of aromatic hydroxyl groups is 1. The Hall–Kier alpha value is -3.20. The minimum atomic E-state index is -0.553. The van der Waals surface area contributed by atoms with Gasteiger partial charge in [0.1, 0.15) is 23.7 Å². The Bertz CT molecular complexity index is 1520. The minimum Gasteiger partial charge on any atom is -0.508 e. The Balaban J connectivity index is 1.49. The third-order valence-corrected chi connectivity index (χ3v) is 8.08. The van der Waals surface area contributed by atoms with Crippen molar-refractivity contribution < 1.29 is 14.2 Å². The van der Waals surface area contributed by atoms with Crippen molar-refractivity contribution in [3.05, 3.63) is 53.3 Å². The van der Waals surface area contributed by atoms with E-state index in [9.17, 15) is 5.11 Å². The lowest BCUT2D eigenvalue weighted by Gasteiger charge is -2.34. The Morgan fingerprint density at radius 1 is 1.10 bits per heavy atom. The van der Waals surface area contributed by atoms with Gasteiger partial charge in [-0.25, -0.2) is 4.39 Å². The number of nitrogens with zero attached hydrogens (tertiary/aromatic N) is 4. The number of nitrogens with one attached hydrogen (secondary N) is 1. The Kier molecular flexibility index (Phi) is 7.18. The highest BCUT2D eigenvalue weighted by molar-refractivity contribution is 6.35. The minimum absolute atomic E-state index is 0.0409. The van der Waals surface area contributed by atoms with E-state index in [0.717, 1.165) is 49.7 Å². The molecule has 3 aromatic carbocycles. The highest BCUT2D eigenvalue weighted by Gasteiger charge is 2.34. The number of hydrogen-bond donors (Lipinski definition) is 2. The number of aromatic nitrogens is 2. The van der Waals surface area contributed by atoms with Crippen LogP contribution in [-0.4, -0.2) is 71.9 Å². The van der Waals surface area contributed by atoms with Gasteiger partial charge in [0.05, 0.1) is 5.02 Å². The van der Waals surface area contributed by atoms with Gasteiger partial charge in [-0.05, 0) is 67.4 Å². The first-order valence-corrected chi connectivity index (χ1v) is 14.0. The van der Waals surface area contributed by atoms with E-state index in [1.165, 1.54) is 0 Å². The van der Waals surface area contributed by atoms with Crippen molar-refractivity contribution in [3.63, 3.8) is 0 Å². The molecule has 9 heteroatoms. The fraction of sp³-hybridized carbons (Fsp3) is 0.400. The van der Waals surface area contributed by atoms with Crippen LogP contribution in [0.5, 0.6) is 11.8 Å². The van der Waals surface area contributed by atoms with Gasteiger partial charge in [0.25, 0.3) is 0 Å². The molecule has 4 aromatic rings. The van der Waals surface area contributed by atoms with Crippen LogP contribution in [0, 0.1) is 5.82 Å². The van der Waals surface area contributed by atoms with Crippen LogP contribution >= 0.6 is 11.6 Å². The maximum atomic E-state index is 16.6. The molecule has 2 bridgehead atoms. The molecule has 0 amide bonds. The number of benzene rings is 3. The molecule has 2 N–H and O–H groups in total. The first-order valence-electron chi connectivity index (χ1n) is 13.7. The first-order chi connectivity index (χ1) is 18.9. The molecule has 7 nitrogen and oxygen atoms in total. The number of fused-ring (bicyclic) bond motifs is 4. The molecule has 0 radical (unpaired) electrons. The van der Waals surface area contributed by atoms with Gasteiger partial charge in [0.2, 0.25) is 0 Å². The average molecular weight is 550 g/mol. The molecule has 1 aromatic heterocycles. The molecule has 0 spiro atoms. The summed E-state index contributed by atoms with van der Waals surface area (Å²) < 4.78 is 22.6. The van der Waals surface area contributed by atoms with Gasteiger partial charge < -0.3 is 25.0 Å². The molecule has 204 valence electrons. The van der Waals surface area contributed by atoms with E-state index < -0.39 is 5.82 Å². The summed E-state index contributed by atoms with van der Waals surface area (Å²) in [4.78, 5) is 13.7. The maximum Gasteiger partial charge on any atom is 0.319 e. The smallest absolute Gasteiger partial charge is 0.319 e. The van der Waals surface area contributed by atoms with E-state index in [2.05, 4.69) is 27.0 Å². The van der Waals surface area contributed by atoms with E-state index in [-0.39, 0.29) is 27.9 Å². The van der Waals surface area contributed by atoms with Gasteiger partial charge in [-0.15, -0.1) is 0 Å². The van der Waals surface area contributed by atoms with E-state index in [0.29, 0.717) is 42.0 Å². The molecule has 2 fully saturated rings. The molecule has 39 heavy (non-hydrogen) atoms. The summed E-state index contributed by atoms with van der Waals surface area (Å²) in [5, 5.41) is 16.5. The first kappa shape index (κ1) is 26.0. The van der Waals surface area contributed by atoms with Crippen LogP contribution in [0.15, 0.2) is 42.5 Å². The summed E-state index contributed by atoms with van der Waals surface area (Å²) in [6, 6.07) is 13.4. The fourth-order valence-electron chi connectivity index (χ4n) is 5.97. The van der Waals surface area contributed by atoms with Crippen LogP contribution in [0.25, 0.3) is 32.8 Å². The van der Waals surface area contributed by atoms with Gasteiger partial charge in [0, 0.05) is 42.7 Å². The molecule has 0 aliphatic carbocycles. The summed E-state index contributed by atoms with van der Waals surface area (Å²) in [6.07, 6.45) is 3.28. The lowest BCUT2D eigenvalue weighted by Crippen LogP contribution is -2.51. The van der Waals surface area contributed by atoms with Gasteiger partial charge in [-0.1, -0.05) is 42.8 Å². The molecule has 2 atom stereocenters. The van der Waals surface area contributed by atoms with Crippen LogP contribution in [0.1, 0.15) is 26.2 Å². The summed E-state index contributed by atoms with van der Waals surface area (Å²) in [5.41, 5.74) is 0.878. The number of phenolic OH excluding ortho intramolecular Hbond substituents is 1. The summed E-state index contributed by atoms with van der Waals surface area (Å²) >= 11 is 6.82. The number of piperazine rings is 1. The van der Waals surface area contributed by atoms with E-state index in [1.54, 1.807) is 18.2 Å². The fourth-order valence-corrected chi connectivity index (χ4v) is 6.26. The zero-order chi connectivity index (χ0) is 27.1. The van der Waals surface area contributed by atoms with Crippen molar-refractivity contribution >= 4 is 39.1 Å². The van der Waals surface area contributed by atoms with E-state index in [1.807, 2.05) is 31.3 Å². The van der Waals surface area contributed by atoms with Crippen molar-refractivity contribution in [1.82, 2.24) is 20.2 Å². The lowest BCUT2D eigenvalue weighted by atomic mass is 9.96. The van der Waals surface area contributed by atoms with Gasteiger partial charge in [-0.2, -0.15) is 9.97 Å². The quantitative estimate of drug-likeness (QED) is 0.296. The summed E-state index contributed by atoms with van der Waals surface area (Å²) in [6.45, 7) is 5.77. The molecule has 2 aliphatic heterocycles. The second-order valence-electron chi connectivity index (χ2n) is 10.7. The molecule has 0 saturated carbocycles. The molecule has 2 saturated heterocycles. The Labute approximate surface area is 232 Å². The Morgan fingerprint density at radius 2 is 1.87 bits per heavy atom. The number of anilines is 1. The molecule has 2 aliphatic rings. The summed E-state index contributed by atoms with van der Waals surface area (Å²) in [5.74, 6) is 0.130. The Morgan fingerprint density at radius 3 is 2.64 bits per heavy atom. The highest BCUT2D eigenvalue weighted by Crippen LogP contribution is 2.42. The number of likely N-dealkylation sites (N-methyl/N-ethyl adjacent to an activating group) is 1. The van der Waals surface area contributed by atoms with Crippen molar-refractivity contribution in [3.8, 4) is 22.9 Å². The van der Waals surface area contributed by atoms with Crippen molar-refractivity contribution in [2.24, 2.45) is 0 Å². The number of ether oxygens (including phenoxy) is 1. The van der Waals surface area contributed by atoms with Crippen molar-refractivity contribution in [2.75, 3.05) is 44.7 Å². The average Bonchev–Trinajstić information content (AvgIpc) is 3.25. The number of hydrogen-bond acceptors (Lipinski definition) is 7. The number of halogens is 2. The molecule has 2 unspecified atom stereocenters. The predicted molar refractivity (Wildman–Crippen MR) is 155 cm³/mol. The monoisotopic (exact) mass is 549 g/mol. The third-order valence-electron chi connectivity index (χ3n) is 7.78. The maximum absolute atomic E-state index is 16.6. The van der Waals surface area contributed by atoms with Gasteiger partial charge in [-0.3, -0.25) is 0 Å². The number of rotatable bonds is 8. The van der Waals surface area contributed by atoms with Crippen LogP contribution in [0.2, 0.25) is 5.02 Å². The van der Waals surface area contributed by atoms with Crippen LogP contribution in [-0.2, 0) is 0 Å². The van der Waals surface area contributed by atoms with E-state index >= 15 is 4.39 Å². The predicted octanol–water partition coefficient (Wildman–Crippen LogP) is 5.61. The van der Waals surface area contributed by atoms with E-state index in [4.69, 9.17) is 21.3 Å². The summed E-state index contributed by atoms with van der Waals surface area (Å²) in [7, 11) is 2.05. The SMILES string of the molecule is CCCN(C)CCOc1nc(N2CC3CCC(C2)N3)c2cc(Cl)c(-c3cc(O)cc4ccccc34)c(F)c2n1. The van der Waals surface area contributed by atoms with Crippen LogP contribution < -0.4 is 15.0 Å². The third kappa shape index (κ3) is 5.09. The normalized spacial score (nSPS) is 18.9. The highest BCUT2D eigenvalue weighted by atomic mass is 35.5. The lowest BCUT2D eigenvalue weighted by molar-refractivity contribution is 0.226. The molecule has 3 heterocycles. The molecular weight excluding hydrogens is 517 g/mol. The standard InChI is InChI=1S/C30H33ClFN5O2/c1-3-10-36(2)11-12-39-30-34-28-24(29(35-30)37-16-19-8-9-20(17-37)33-19)15-25(31)26(27(28)32)23-14-21(38)13-18-6-4-5-7-22(18)23/h4-7,13-15,19-20,33,38H,3,8-12,16-17H2,1-2H3. The molecule has 6 rings (SSSR count). The van der Waals surface area contributed by atoms with Crippen LogP contribution in [0.3, 0.4) is 0 Å². The van der Waals surface area contributed by atoms with Crippen LogP contribution in [0.4, 0.5) is 10.2 Å². The van der Waals surface area contributed by atoms with Crippen molar-refractivity contribution in [2.45, 2.75) is 38.3 Å². The zero-order valence-electron chi connectivity index (χ0n) is 22.3. The second kappa shape index (κ2) is 10.8. The number of phenols is 1. The largest absolute Gasteiger partial charge is 0.508 e. The zero-order valence-corrected chi connectivity index (χ0v) is 23.0. The second-order valence-corrected chi connectivity index (χ2v) is 11.1. The van der Waals surface area contributed by atoms with Gasteiger partial charge in [0.15, 0.2) is 5.82 Å². The van der Waals surface area contributed by atoms with Crippen molar-refractivity contribution in [1.29, 1.82) is 0 Å². The van der Waals surface area contributed by atoms with Gasteiger partial charge >= 0.3 is 6.01 Å².